The molecule has 1 atom stereocenters. The van der Waals surface area contributed by atoms with Crippen molar-refractivity contribution in [2.24, 2.45) is 5.73 Å². The van der Waals surface area contributed by atoms with Gasteiger partial charge < -0.3 is 25.3 Å². The predicted molar refractivity (Wildman–Crippen MR) is 78.6 cm³/mol. The van der Waals surface area contributed by atoms with Crippen LogP contribution in [0.4, 0.5) is 0 Å². The molecular formula is C14H30N2O4. The Morgan fingerprint density at radius 1 is 1.05 bits per heavy atom. The first-order valence-corrected chi connectivity index (χ1v) is 7.41. The summed E-state index contributed by atoms with van der Waals surface area (Å²) in [6.45, 7) is 8.58. The van der Waals surface area contributed by atoms with Crippen LogP contribution in [0.25, 0.3) is 0 Å². The fourth-order valence-corrected chi connectivity index (χ4v) is 1.54. The first-order valence-electron chi connectivity index (χ1n) is 7.41. The molecule has 0 heterocycles. The van der Waals surface area contributed by atoms with Crippen LogP contribution in [-0.2, 0) is 19.0 Å². The monoisotopic (exact) mass is 290 g/mol. The molecule has 120 valence electrons. The van der Waals surface area contributed by atoms with Gasteiger partial charge >= 0.3 is 0 Å². The minimum absolute atomic E-state index is 0.0904. The molecule has 0 spiro atoms. The zero-order valence-electron chi connectivity index (χ0n) is 12.9. The van der Waals surface area contributed by atoms with Crippen molar-refractivity contribution in [3.05, 3.63) is 0 Å². The van der Waals surface area contributed by atoms with Gasteiger partial charge in [0.05, 0.1) is 33.0 Å². The number of hydrogen-bond acceptors (Lipinski definition) is 5. The number of carbonyl (C=O) groups excluding carboxylic acids is 1. The summed E-state index contributed by atoms with van der Waals surface area (Å²) in [5.74, 6) is -0.291. The molecule has 0 saturated heterocycles. The maximum atomic E-state index is 10.7. The number of hydrogen-bond donors (Lipinski definition) is 2. The van der Waals surface area contributed by atoms with E-state index in [9.17, 15) is 4.79 Å². The molecule has 0 aromatic rings. The molecule has 0 aliphatic carbocycles. The zero-order valence-corrected chi connectivity index (χ0v) is 12.9. The van der Waals surface area contributed by atoms with Crippen LogP contribution in [0, 0.1) is 0 Å². The minimum atomic E-state index is -0.291. The van der Waals surface area contributed by atoms with E-state index in [2.05, 4.69) is 12.2 Å². The van der Waals surface area contributed by atoms with Crippen molar-refractivity contribution >= 4 is 5.91 Å². The Hall–Kier alpha value is -0.690. The molecule has 0 aliphatic heterocycles. The maximum absolute atomic E-state index is 10.7. The normalized spacial score (nSPS) is 12.5. The molecule has 0 radical (unpaired) electrons. The lowest BCUT2D eigenvalue weighted by atomic mass is 10.2. The van der Waals surface area contributed by atoms with Gasteiger partial charge in [0.1, 0.15) is 0 Å². The standard InChI is InChI=1S/C14H30N2O4/c1-3-4-6-18-8-10-20-11-9-19-7-5-16-13(2)12-14(15)17/h13,16H,3-12H2,1-2H3,(H2,15,17). The van der Waals surface area contributed by atoms with E-state index in [1.807, 2.05) is 6.92 Å². The second-order valence-corrected chi connectivity index (χ2v) is 4.72. The molecule has 6 heteroatoms. The van der Waals surface area contributed by atoms with E-state index in [1.54, 1.807) is 0 Å². The smallest absolute Gasteiger partial charge is 0.218 e. The molecule has 1 amide bonds. The summed E-state index contributed by atoms with van der Waals surface area (Å²) in [5.41, 5.74) is 5.09. The molecule has 0 saturated carbocycles. The lowest BCUT2D eigenvalue weighted by Crippen LogP contribution is -2.33. The molecule has 20 heavy (non-hydrogen) atoms. The third-order valence-corrected chi connectivity index (χ3v) is 2.63. The van der Waals surface area contributed by atoms with Gasteiger partial charge in [-0.15, -0.1) is 0 Å². The Kier molecular flexibility index (Phi) is 14.2. The van der Waals surface area contributed by atoms with E-state index < -0.39 is 0 Å². The largest absolute Gasteiger partial charge is 0.379 e. The molecule has 0 aliphatic rings. The molecule has 1 unspecified atom stereocenters. The fourth-order valence-electron chi connectivity index (χ4n) is 1.54. The molecule has 0 rings (SSSR count). The van der Waals surface area contributed by atoms with Gasteiger partial charge in [-0.1, -0.05) is 13.3 Å². The lowest BCUT2D eigenvalue weighted by Gasteiger charge is -2.12. The molecule has 3 N–H and O–H groups in total. The van der Waals surface area contributed by atoms with Crippen LogP contribution in [0.2, 0.25) is 0 Å². The van der Waals surface area contributed by atoms with Crippen LogP contribution >= 0.6 is 0 Å². The molecule has 0 aromatic carbocycles. The summed E-state index contributed by atoms with van der Waals surface area (Å²) < 4.78 is 16.1. The van der Waals surface area contributed by atoms with Crippen LogP contribution in [0.5, 0.6) is 0 Å². The summed E-state index contributed by atoms with van der Waals surface area (Å²) in [7, 11) is 0. The highest BCUT2D eigenvalue weighted by Gasteiger charge is 2.03. The van der Waals surface area contributed by atoms with Gasteiger partial charge in [0.15, 0.2) is 0 Å². The summed E-state index contributed by atoms with van der Waals surface area (Å²) in [4.78, 5) is 10.7. The number of carbonyl (C=O) groups is 1. The highest BCUT2D eigenvalue weighted by atomic mass is 16.5. The van der Waals surface area contributed by atoms with Crippen LogP contribution < -0.4 is 11.1 Å². The third kappa shape index (κ3) is 15.4. The van der Waals surface area contributed by atoms with Gasteiger partial charge in [-0.25, -0.2) is 0 Å². The van der Waals surface area contributed by atoms with Crippen LogP contribution in [0.3, 0.4) is 0 Å². The second kappa shape index (κ2) is 14.7. The van der Waals surface area contributed by atoms with E-state index in [4.69, 9.17) is 19.9 Å². The second-order valence-electron chi connectivity index (χ2n) is 4.72. The average Bonchev–Trinajstić information content (AvgIpc) is 2.39. The van der Waals surface area contributed by atoms with E-state index in [0.29, 0.717) is 46.0 Å². The van der Waals surface area contributed by atoms with Crippen LogP contribution in [0.1, 0.15) is 33.1 Å². The highest BCUT2D eigenvalue weighted by molar-refractivity contribution is 5.74. The van der Waals surface area contributed by atoms with Gasteiger partial charge in [-0.2, -0.15) is 0 Å². The average molecular weight is 290 g/mol. The first kappa shape index (κ1) is 19.3. The highest BCUT2D eigenvalue weighted by Crippen LogP contribution is 1.89. The Bertz CT molecular complexity index is 227. The quantitative estimate of drug-likeness (QED) is 0.434. The van der Waals surface area contributed by atoms with E-state index >= 15 is 0 Å². The number of unbranched alkanes of at least 4 members (excludes halogenated alkanes) is 1. The Morgan fingerprint density at radius 3 is 2.15 bits per heavy atom. The number of rotatable bonds is 15. The van der Waals surface area contributed by atoms with Crippen molar-refractivity contribution in [2.45, 2.75) is 39.2 Å². The van der Waals surface area contributed by atoms with Gasteiger partial charge in [-0.05, 0) is 13.3 Å². The number of amides is 1. The first-order chi connectivity index (χ1) is 9.66. The van der Waals surface area contributed by atoms with Gasteiger partial charge in [0, 0.05) is 25.6 Å². The summed E-state index contributed by atoms with van der Waals surface area (Å²) >= 11 is 0. The van der Waals surface area contributed by atoms with Gasteiger partial charge in [0.25, 0.3) is 0 Å². The Balaban J connectivity index is 3.08. The minimum Gasteiger partial charge on any atom is -0.379 e. The van der Waals surface area contributed by atoms with Crippen molar-refractivity contribution in [3.63, 3.8) is 0 Å². The molecule has 0 fully saturated rings. The predicted octanol–water partition coefficient (Wildman–Crippen LogP) is 0.690. The zero-order chi connectivity index (χ0) is 15.1. The van der Waals surface area contributed by atoms with Crippen LogP contribution in [-0.4, -0.2) is 58.1 Å². The van der Waals surface area contributed by atoms with Crippen molar-refractivity contribution in [3.8, 4) is 0 Å². The van der Waals surface area contributed by atoms with Crippen molar-refractivity contribution < 1.29 is 19.0 Å². The number of nitrogens with one attached hydrogen (secondary N) is 1. The fraction of sp³-hybridized carbons (Fsp3) is 0.929. The van der Waals surface area contributed by atoms with Crippen LogP contribution in [0.15, 0.2) is 0 Å². The lowest BCUT2D eigenvalue weighted by molar-refractivity contribution is -0.118. The van der Waals surface area contributed by atoms with Crippen molar-refractivity contribution in [1.82, 2.24) is 5.32 Å². The Labute approximate surface area is 122 Å². The molecular weight excluding hydrogens is 260 g/mol. The summed E-state index contributed by atoms with van der Waals surface area (Å²) in [6.07, 6.45) is 2.60. The Morgan fingerprint density at radius 2 is 1.60 bits per heavy atom. The summed E-state index contributed by atoms with van der Waals surface area (Å²) in [5, 5.41) is 3.16. The number of primary amides is 1. The maximum Gasteiger partial charge on any atom is 0.218 e. The third-order valence-electron chi connectivity index (χ3n) is 2.63. The number of nitrogens with two attached hydrogens (primary N) is 1. The van der Waals surface area contributed by atoms with Gasteiger partial charge in [0.2, 0.25) is 5.91 Å². The molecule has 0 aromatic heterocycles. The molecule has 6 nitrogen and oxygen atoms in total. The summed E-state index contributed by atoms with van der Waals surface area (Å²) in [6, 6.07) is 0.0904. The topological polar surface area (TPSA) is 82.8 Å². The molecule has 0 bridgehead atoms. The van der Waals surface area contributed by atoms with Crippen molar-refractivity contribution in [2.75, 3.05) is 46.2 Å². The van der Waals surface area contributed by atoms with E-state index in [0.717, 1.165) is 19.4 Å². The number of ether oxygens (including phenoxy) is 3. The van der Waals surface area contributed by atoms with E-state index in [-0.39, 0.29) is 11.9 Å². The van der Waals surface area contributed by atoms with E-state index in [1.165, 1.54) is 0 Å². The van der Waals surface area contributed by atoms with Gasteiger partial charge in [-0.3, -0.25) is 4.79 Å². The SMILES string of the molecule is CCCCOCCOCCOCCNC(C)CC(N)=O. The van der Waals surface area contributed by atoms with Crippen molar-refractivity contribution in [1.29, 1.82) is 0 Å².